The van der Waals surface area contributed by atoms with Crippen molar-refractivity contribution in [2.75, 3.05) is 19.9 Å². The molecule has 0 heterocycles. The van der Waals surface area contributed by atoms with Crippen LogP contribution >= 0.6 is 7.60 Å². The smallest absolute Gasteiger partial charge is 0.330 e. The molecule has 6 heteroatoms. The average Bonchev–Trinajstić information content (AvgIpc) is 2.37. The molecule has 1 N–H and O–H groups in total. The number of benzene rings is 1. The van der Waals surface area contributed by atoms with Crippen LogP contribution in [0.1, 0.15) is 19.4 Å². The van der Waals surface area contributed by atoms with Crippen LogP contribution in [0.5, 0.6) is 11.5 Å². The van der Waals surface area contributed by atoms with Crippen molar-refractivity contribution in [1.82, 2.24) is 0 Å². The Balaban J connectivity index is 2.68. The molecule has 18 heavy (non-hydrogen) atoms. The largest absolute Gasteiger partial charge is 0.504 e. The van der Waals surface area contributed by atoms with Crippen molar-refractivity contribution >= 4 is 7.60 Å². The van der Waals surface area contributed by atoms with E-state index in [1.54, 1.807) is 26.0 Å². The van der Waals surface area contributed by atoms with E-state index in [0.29, 0.717) is 24.1 Å². The summed E-state index contributed by atoms with van der Waals surface area (Å²) in [5.41, 5.74) is 0.710. The third-order valence-corrected chi connectivity index (χ3v) is 4.33. The molecular formula is C12H19O5P. The number of ether oxygens (including phenoxy) is 1. The van der Waals surface area contributed by atoms with E-state index in [9.17, 15) is 9.67 Å². The Morgan fingerprint density at radius 2 is 2.00 bits per heavy atom. The number of aromatic hydroxyl groups is 1. The van der Waals surface area contributed by atoms with Gasteiger partial charge in [0.15, 0.2) is 11.5 Å². The Morgan fingerprint density at radius 3 is 2.50 bits per heavy atom. The molecule has 0 saturated heterocycles. The lowest BCUT2D eigenvalue weighted by molar-refractivity contribution is 0.205. The van der Waals surface area contributed by atoms with E-state index < -0.39 is 7.60 Å². The molecule has 0 aliphatic carbocycles. The monoisotopic (exact) mass is 274 g/mol. The van der Waals surface area contributed by atoms with Crippen LogP contribution in [0.15, 0.2) is 18.2 Å². The maximum absolute atomic E-state index is 12.0. The fraction of sp³-hybridized carbons (Fsp3) is 0.500. The van der Waals surface area contributed by atoms with Crippen LogP contribution in [0.25, 0.3) is 0 Å². The molecule has 1 atom stereocenters. The minimum atomic E-state index is -3.01. The summed E-state index contributed by atoms with van der Waals surface area (Å²) in [6.45, 7) is 3.99. The molecule has 0 saturated carbocycles. The summed E-state index contributed by atoms with van der Waals surface area (Å²) >= 11 is 0. The third-order valence-electron chi connectivity index (χ3n) is 2.38. The molecule has 0 radical (unpaired) electrons. The first-order valence-corrected chi connectivity index (χ1v) is 7.51. The summed E-state index contributed by atoms with van der Waals surface area (Å²) in [6.07, 6.45) is 0.322. The third kappa shape index (κ3) is 4.02. The van der Waals surface area contributed by atoms with Crippen LogP contribution in [0.4, 0.5) is 0 Å². The molecule has 1 unspecified atom stereocenters. The Bertz CT molecular complexity index is 432. The molecule has 0 spiro atoms. The molecule has 0 bridgehead atoms. The molecule has 0 aliphatic rings. The van der Waals surface area contributed by atoms with Gasteiger partial charge in [0.25, 0.3) is 0 Å². The van der Waals surface area contributed by atoms with E-state index in [4.69, 9.17) is 13.8 Å². The van der Waals surface area contributed by atoms with Gasteiger partial charge in [-0.15, -0.1) is 0 Å². The number of phenolic OH excluding ortho intramolecular Hbond substituents is 1. The molecule has 102 valence electrons. The van der Waals surface area contributed by atoms with Gasteiger partial charge in [0.2, 0.25) is 0 Å². The lowest BCUT2D eigenvalue weighted by Gasteiger charge is -2.16. The van der Waals surface area contributed by atoms with E-state index in [0.717, 1.165) is 0 Å². The zero-order valence-corrected chi connectivity index (χ0v) is 11.8. The van der Waals surface area contributed by atoms with Crippen molar-refractivity contribution in [1.29, 1.82) is 0 Å². The Hall–Kier alpha value is -1.03. The zero-order chi connectivity index (χ0) is 13.6. The first-order valence-electron chi connectivity index (χ1n) is 5.78. The highest BCUT2D eigenvalue weighted by molar-refractivity contribution is 7.53. The van der Waals surface area contributed by atoms with Crippen LogP contribution in [-0.2, 0) is 20.2 Å². The highest BCUT2D eigenvalue weighted by atomic mass is 31.2. The second kappa shape index (κ2) is 6.78. The quantitative estimate of drug-likeness (QED) is 0.774. The van der Waals surface area contributed by atoms with Crippen molar-refractivity contribution < 1.29 is 23.5 Å². The van der Waals surface area contributed by atoms with Crippen molar-refractivity contribution in [3.63, 3.8) is 0 Å². The predicted octanol–water partition coefficient (Wildman–Crippen LogP) is 3.17. The van der Waals surface area contributed by atoms with Crippen LogP contribution in [0.3, 0.4) is 0 Å². The summed E-state index contributed by atoms with van der Waals surface area (Å²) < 4.78 is 27.4. The molecule has 1 aromatic rings. The van der Waals surface area contributed by atoms with E-state index in [1.165, 1.54) is 13.2 Å². The van der Waals surface area contributed by atoms with Gasteiger partial charge < -0.3 is 18.9 Å². The zero-order valence-electron chi connectivity index (χ0n) is 10.9. The van der Waals surface area contributed by atoms with Gasteiger partial charge in [0, 0.05) is 6.16 Å². The van der Waals surface area contributed by atoms with E-state index in [1.807, 2.05) is 0 Å². The van der Waals surface area contributed by atoms with Gasteiger partial charge in [0.1, 0.15) is 0 Å². The molecular weight excluding hydrogens is 255 g/mol. The van der Waals surface area contributed by atoms with Gasteiger partial charge in [-0.1, -0.05) is 13.0 Å². The molecule has 1 rings (SSSR count). The lowest BCUT2D eigenvalue weighted by Crippen LogP contribution is -1.99. The summed E-state index contributed by atoms with van der Waals surface area (Å²) in [5, 5.41) is 9.60. The standard InChI is InChI=1S/C12H19O5P/c1-4-16-18(14,5-2)17-9-10-6-7-12(15-3)11(13)8-10/h6-8,13H,4-5,9H2,1-3H3. The number of hydrogen-bond donors (Lipinski definition) is 1. The fourth-order valence-corrected chi connectivity index (χ4v) is 2.59. The number of hydrogen-bond acceptors (Lipinski definition) is 5. The molecule has 0 amide bonds. The lowest BCUT2D eigenvalue weighted by atomic mass is 10.2. The maximum Gasteiger partial charge on any atom is 0.330 e. The average molecular weight is 274 g/mol. The van der Waals surface area contributed by atoms with E-state index >= 15 is 0 Å². The normalized spacial score (nSPS) is 14.2. The summed E-state index contributed by atoms with van der Waals surface area (Å²) in [4.78, 5) is 0. The minimum absolute atomic E-state index is 0.0290. The number of phenols is 1. The van der Waals surface area contributed by atoms with Crippen molar-refractivity contribution in [3.8, 4) is 11.5 Å². The molecule has 0 aliphatic heterocycles. The second-order valence-electron chi connectivity index (χ2n) is 3.62. The van der Waals surface area contributed by atoms with Gasteiger partial charge in [0.05, 0.1) is 20.3 Å². The first kappa shape index (κ1) is 15.0. The fourth-order valence-electron chi connectivity index (χ4n) is 1.41. The van der Waals surface area contributed by atoms with E-state index in [-0.39, 0.29) is 12.4 Å². The SMILES string of the molecule is CCOP(=O)(CC)OCc1ccc(OC)c(O)c1. The summed E-state index contributed by atoms with van der Waals surface area (Å²) in [7, 11) is -1.53. The molecule has 5 nitrogen and oxygen atoms in total. The van der Waals surface area contributed by atoms with Crippen molar-refractivity contribution in [3.05, 3.63) is 23.8 Å². The van der Waals surface area contributed by atoms with Crippen molar-refractivity contribution in [2.45, 2.75) is 20.5 Å². The number of methoxy groups -OCH3 is 1. The minimum Gasteiger partial charge on any atom is -0.504 e. The van der Waals surface area contributed by atoms with Gasteiger partial charge in [-0.25, -0.2) is 0 Å². The van der Waals surface area contributed by atoms with Crippen molar-refractivity contribution in [2.24, 2.45) is 0 Å². The van der Waals surface area contributed by atoms with Crippen LogP contribution in [0, 0.1) is 0 Å². The molecule has 0 fully saturated rings. The number of rotatable bonds is 7. The summed E-state index contributed by atoms with van der Waals surface area (Å²) in [6, 6.07) is 4.89. The predicted molar refractivity (Wildman–Crippen MR) is 69.2 cm³/mol. The maximum atomic E-state index is 12.0. The Labute approximate surface area is 107 Å². The highest BCUT2D eigenvalue weighted by Gasteiger charge is 2.21. The van der Waals surface area contributed by atoms with Crippen LogP contribution in [-0.4, -0.2) is 25.0 Å². The highest BCUT2D eigenvalue weighted by Crippen LogP contribution is 2.48. The van der Waals surface area contributed by atoms with Gasteiger partial charge in [-0.2, -0.15) is 0 Å². The first-order chi connectivity index (χ1) is 8.54. The molecule has 1 aromatic carbocycles. The molecule has 0 aromatic heterocycles. The second-order valence-corrected chi connectivity index (χ2v) is 6.00. The Morgan fingerprint density at radius 1 is 1.28 bits per heavy atom. The van der Waals surface area contributed by atoms with Gasteiger partial charge in [-0.3, -0.25) is 4.57 Å². The van der Waals surface area contributed by atoms with Gasteiger partial charge >= 0.3 is 7.60 Å². The van der Waals surface area contributed by atoms with Crippen LogP contribution in [0.2, 0.25) is 0 Å². The topological polar surface area (TPSA) is 65.0 Å². The Kier molecular flexibility index (Phi) is 5.66. The van der Waals surface area contributed by atoms with Crippen LogP contribution < -0.4 is 4.74 Å². The summed E-state index contributed by atoms with van der Waals surface area (Å²) in [5.74, 6) is 0.420. The van der Waals surface area contributed by atoms with Gasteiger partial charge in [-0.05, 0) is 24.6 Å². The van der Waals surface area contributed by atoms with E-state index in [2.05, 4.69) is 0 Å².